The van der Waals surface area contributed by atoms with Crippen molar-refractivity contribution < 1.29 is 13.2 Å². The van der Waals surface area contributed by atoms with Gasteiger partial charge >= 0.3 is 0 Å². The summed E-state index contributed by atoms with van der Waals surface area (Å²) in [5.74, 6) is 0.927. The summed E-state index contributed by atoms with van der Waals surface area (Å²) < 4.78 is 26.5. The normalized spacial score (nSPS) is 12.6. The fourth-order valence-electron chi connectivity index (χ4n) is 2.57. The zero-order valence-corrected chi connectivity index (χ0v) is 18.8. The van der Waals surface area contributed by atoms with Crippen LogP contribution in [-0.4, -0.2) is 42.9 Å². The first-order valence-corrected chi connectivity index (χ1v) is 13.5. The highest BCUT2D eigenvalue weighted by atomic mass is 32.2. The molecule has 0 fully saturated rings. The number of fused-ring (bicyclic) bond motifs is 1. The number of thioether (sulfide) groups is 2. The zero-order valence-electron chi connectivity index (χ0n) is 15.5. The largest absolute Gasteiger partial charge is 0.316 e. The third kappa shape index (κ3) is 5.28. The Bertz CT molecular complexity index is 1150. The average Bonchev–Trinajstić information content (AvgIpc) is 3.01. The van der Waals surface area contributed by atoms with Gasteiger partial charge in [0.15, 0.2) is 14.6 Å². The summed E-state index contributed by atoms with van der Waals surface area (Å²) in [7, 11) is -3.28. The van der Waals surface area contributed by atoms with E-state index in [2.05, 4.69) is 4.99 Å². The van der Waals surface area contributed by atoms with E-state index in [1.54, 1.807) is 30.0 Å². The lowest BCUT2D eigenvalue weighted by Crippen LogP contribution is -2.18. The molecule has 0 saturated heterocycles. The topological polar surface area (TPSA) is 68.5 Å². The number of benzene rings is 2. The average molecular weight is 453 g/mol. The molecule has 1 amide bonds. The number of sulfone groups is 1. The van der Waals surface area contributed by atoms with Crippen LogP contribution in [0.25, 0.3) is 10.2 Å². The van der Waals surface area contributed by atoms with Crippen LogP contribution in [0.1, 0.15) is 0 Å². The maximum Gasteiger partial charge on any atom is 0.258 e. The molecule has 0 bridgehead atoms. The number of carbonyl (C=O) groups is 1. The molecule has 9 heteroatoms. The molecule has 0 aliphatic carbocycles. The molecule has 28 heavy (non-hydrogen) atoms. The molecular weight excluding hydrogens is 432 g/mol. The van der Waals surface area contributed by atoms with Gasteiger partial charge in [0.25, 0.3) is 5.91 Å². The summed E-state index contributed by atoms with van der Waals surface area (Å²) in [6.07, 6.45) is 3.22. The van der Waals surface area contributed by atoms with Gasteiger partial charge in [0.1, 0.15) is 0 Å². The molecule has 5 nitrogen and oxygen atoms in total. The summed E-state index contributed by atoms with van der Waals surface area (Å²) in [5.41, 5.74) is 0.897. The quantitative estimate of drug-likeness (QED) is 0.512. The van der Waals surface area contributed by atoms with Gasteiger partial charge in [0.2, 0.25) is 0 Å². The van der Waals surface area contributed by atoms with E-state index in [0.717, 1.165) is 20.9 Å². The van der Waals surface area contributed by atoms with Crippen LogP contribution in [0.2, 0.25) is 0 Å². The lowest BCUT2D eigenvalue weighted by molar-refractivity contribution is -0.115. The van der Waals surface area contributed by atoms with Crippen molar-refractivity contribution in [1.29, 1.82) is 0 Å². The molecule has 148 valence electrons. The van der Waals surface area contributed by atoms with Gasteiger partial charge in [-0.05, 0) is 36.6 Å². The molecule has 1 aromatic heterocycles. The number of aryl methyl sites for hydroxylation is 1. The third-order valence-corrected chi connectivity index (χ3v) is 7.67. The summed E-state index contributed by atoms with van der Waals surface area (Å²) in [6.45, 7) is 0.706. The van der Waals surface area contributed by atoms with Crippen molar-refractivity contribution in [2.45, 2.75) is 16.3 Å². The van der Waals surface area contributed by atoms with Crippen molar-refractivity contribution in [1.82, 2.24) is 4.57 Å². The molecule has 0 spiro atoms. The van der Waals surface area contributed by atoms with Gasteiger partial charge in [-0.15, -0.1) is 11.8 Å². The highest BCUT2D eigenvalue weighted by Gasteiger charge is 2.13. The molecule has 0 atom stereocenters. The molecule has 0 radical (unpaired) electrons. The van der Waals surface area contributed by atoms with E-state index in [4.69, 9.17) is 0 Å². The molecule has 0 unspecified atom stereocenters. The Morgan fingerprint density at radius 3 is 2.61 bits per heavy atom. The monoisotopic (exact) mass is 452 g/mol. The summed E-state index contributed by atoms with van der Waals surface area (Å²) in [6, 6.07) is 14.8. The molecule has 0 aliphatic heterocycles. The Hall–Kier alpha value is -1.55. The highest BCUT2D eigenvalue weighted by molar-refractivity contribution is 8.00. The molecule has 0 aliphatic rings. The molecule has 0 saturated carbocycles. The van der Waals surface area contributed by atoms with Crippen LogP contribution in [0.15, 0.2) is 63.3 Å². The maximum absolute atomic E-state index is 12.4. The lowest BCUT2D eigenvalue weighted by atomic mass is 10.3. The first kappa shape index (κ1) is 21.2. The summed E-state index contributed by atoms with van der Waals surface area (Å²) >= 11 is 4.51. The first-order chi connectivity index (χ1) is 13.4. The maximum atomic E-state index is 12.4. The SMILES string of the molecule is CSCCn1c(=NC(=O)CSc2ccccc2)sc2cc(S(C)(=O)=O)ccc21. The Morgan fingerprint density at radius 2 is 1.93 bits per heavy atom. The number of hydrogen-bond acceptors (Lipinski definition) is 6. The Morgan fingerprint density at radius 1 is 1.18 bits per heavy atom. The third-order valence-electron chi connectivity index (χ3n) is 3.93. The minimum Gasteiger partial charge on any atom is -0.316 e. The van der Waals surface area contributed by atoms with E-state index >= 15 is 0 Å². The number of nitrogens with zero attached hydrogens (tertiary/aromatic N) is 2. The fourth-order valence-corrected chi connectivity index (χ4v) is 5.47. The molecule has 0 N–H and O–H groups in total. The van der Waals surface area contributed by atoms with Crippen molar-refractivity contribution >= 4 is 60.8 Å². The molecule has 3 aromatic rings. The van der Waals surface area contributed by atoms with Crippen LogP contribution in [0, 0.1) is 0 Å². The molecule has 2 aromatic carbocycles. The molecule has 1 heterocycles. The number of rotatable bonds is 7. The standard InChI is InChI=1S/C19H20N2O3S4/c1-25-11-10-21-16-9-8-15(28(2,23)24)12-17(16)27-19(21)20-18(22)13-26-14-6-4-3-5-7-14/h3-9,12H,10-11,13H2,1-2H3. The van der Waals surface area contributed by atoms with Gasteiger partial charge in [-0.25, -0.2) is 8.42 Å². The second kappa shape index (κ2) is 9.30. The Labute approximate surface area is 176 Å². The predicted octanol–water partition coefficient (Wildman–Crippen LogP) is 3.69. The van der Waals surface area contributed by atoms with Gasteiger partial charge in [0, 0.05) is 23.4 Å². The van der Waals surface area contributed by atoms with E-state index in [0.29, 0.717) is 11.3 Å². The Kier molecular flexibility index (Phi) is 7.03. The van der Waals surface area contributed by atoms with Gasteiger partial charge in [-0.2, -0.15) is 16.8 Å². The predicted molar refractivity (Wildman–Crippen MR) is 119 cm³/mol. The summed E-state index contributed by atoms with van der Waals surface area (Å²) in [4.78, 5) is 18.6. The Balaban J connectivity index is 1.95. The number of carbonyl (C=O) groups excluding carboxylic acids is 1. The number of thiazole rings is 1. The van der Waals surface area contributed by atoms with Gasteiger partial charge in [-0.3, -0.25) is 4.79 Å². The van der Waals surface area contributed by atoms with E-state index in [1.807, 2.05) is 41.2 Å². The van der Waals surface area contributed by atoms with Crippen molar-refractivity contribution in [2.24, 2.45) is 4.99 Å². The fraction of sp³-hybridized carbons (Fsp3) is 0.263. The van der Waals surface area contributed by atoms with Crippen molar-refractivity contribution in [3.63, 3.8) is 0 Å². The van der Waals surface area contributed by atoms with Crippen molar-refractivity contribution in [3.8, 4) is 0 Å². The summed E-state index contributed by atoms with van der Waals surface area (Å²) in [5, 5.41) is 0. The van der Waals surface area contributed by atoms with Crippen molar-refractivity contribution in [3.05, 3.63) is 53.3 Å². The minimum atomic E-state index is -3.28. The number of amides is 1. The zero-order chi connectivity index (χ0) is 20.1. The highest BCUT2D eigenvalue weighted by Crippen LogP contribution is 2.22. The second-order valence-corrected chi connectivity index (χ2v) is 11.1. The van der Waals surface area contributed by atoms with Gasteiger partial charge in [-0.1, -0.05) is 29.5 Å². The van der Waals surface area contributed by atoms with Gasteiger partial charge in [0.05, 0.1) is 20.9 Å². The van der Waals surface area contributed by atoms with Crippen LogP contribution in [0.4, 0.5) is 0 Å². The van der Waals surface area contributed by atoms with E-state index in [-0.39, 0.29) is 16.6 Å². The van der Waals surface area contributed by atoms with Gasteiger partial charge < -0.3 is 4.57 Å². The van der Waals surface area contributed by atoms with E-state index in [1.165, 1.54) is 29.4 Å². The minimum absolute atomic E-state index is 0.207. The first-order valence-electron chi connectivity index (χ1n) is 8.46. The molecular formula is C19H20N2O3S4. The van der Waals surface area contributed by atoms with Crippen LogP contribution in [0.3, 0.4) is 0 Å². The van der Waals surface area contributed by atoms with E-state index < -0.39 is 9.84 Å². The molecule has 3 rings (SSSR count). The van der Waals surface area contributed by atoms with E-state index in [9.17, 15) is 13.2 Å². The number of hydrogen-bond donors (Lipinski definition) is 0. The lowest BCUT2D eigenvalue weighted by Gasteiger charge is -2.04. The smallest absolute Gasteiger partial charge is 0.258 e. The van der Waals surface area contributed by atoms with Crippen LogP contribution >= 0.6 is 34.9 Å². The van der Waals surface area contributed by atoms with Crippen molar-refractivity contribution in [2.75, 3.05) is 24.0 Å². The van der Waals surface area contributed by atoms with Crippen LogP contribution in [0.5, 0.6) is 0 Å². The van der Waals surface area contributed by atoms with Crippen LogP contribution < -0.4 is 4.80 Å². The number of aromatic nitrogens is 1. The second-order valence-electron chi connectivity index (χ2n) is 6.04. The van der Waals surface area contributed by atoms with Crippen LogP contribution in [-0.2, 0) is 21.2 Å².